The fourth-order valence-electron chi connectivity index (χ4n) is 1.04. The van der Waals surface area contributed by atoms with Gasteiger partial charge in [-0.3, -0.25) is 4.79 Å². The summed E-state index contributed by atoms with van der Waals surface area (Å²) < 4.78 is 16.8. The van der Waals surface area contributed by atoms with Gasteiger partial charge >= 0.3 is 11.9 Å². The first kappa shape index (κ1) is 9.70. The standard InChI is InChI=1S/C8H9FO4/c1-13-8(12)6(9)3-4-2-5(4)7(10)11/h3-5H,2H2,1H3,(H,10,11). The fraction of sp³-hybridized carbons (Fsp3) is 0.500. The number of aliphatic carboxylic acids is 1. The first-order valence-electron chi connectivity index (χ1n) is 3.74. The van der Waals surface area contributed by atoms with Crippen molar-refractivity contribution in [3.05, 3.63) is 11.9 Å². The van der Waals surface area contributed by atoms with Crippen LogP contribution in [0.3, 0.4) is 0 Å². The highest BCUT2D eigenvalue weighted by Gasteiger charge is 2.42. The Morgan fingerprint density at radius 2 is 2.23 bits per heavy atom. The number of carbonyl (C=O) groups is 2. The molecule has 1 N–H and O–H groups in total. The highest BCUT2D eigenvalue weighted by atomic mass is 19.1. The van der Waals surface area contributed by atoms with Crippen molar-refractivity contribution in [3.8, 4) is 0 Å². The summed E-state index contributed by atoms with van der Waals surface area (Å²) in [5.74, 6) is -3.95. The Labute approximate surface area is 74.0 Å². The largest absolute Gasteiger partial charge is 0.481 e. The molecule has 0 heterocycles. The van der Waals surface area contributed by atoms with E-state index in [1.807, 2.05) is 0 Å². The van der Waals surface area contributed by atoms with Crippen LogP contribution in [-0.4, -0.2) is 24.2 Å². The predicted octanol–water partition coefficient (Wildman–Crippen LogP) is 0.733. The topological polar surface area (TPSA) is 63.6 Å². The number of carboxylic acid groups (broad SMARTS) is 1. The van der Waals surface area contributed by atoms with Gasteiger partial charge in [-0.2, -0.15) is 4.39 Å². The lowest BCUT2D eigenvalue weighted by Gasteiger charge is -1.93. The summed E-state index contributed by atoms with van der Waals surface area (Å²) in [5.41, 5.74) is 0. The number of hydrogen-bond donors (Lipinski definition) is 1. The molecular weight excluding hydrogens is 179 g/mol. The zero-order chi connectivity index (χ0) is 10.0. The summed E-state index contributed by atoms with van der Waals surface area (Å²) in [6.07, 6.45) is 1.39. The minimum Gasteiger partial charge on any atom is -0.481 e. The van der Waals surface area contributed by atoms with Crippen molar-refractivity contribution in [2.75, 3.05) is 7.11 Å². The summed E-state index contributed by atoms with van der Waals surface area (Å²) >= 11 is 0. The number of methoxy groups -OCH3 is 1. The van der Waals surface area contributed by atoms with Crippen LogP contribution in [0.25, 0.3) is 0 Å². The summed E-state index contributed by atoms with van der Waals surface area (Å²) in [4.78, 5) is 20.9. The quantitative estimate of drug-likeness (QED) is 0.524. The van der Waals surface area contributed by atoms with Crippen LogP contribution >= 0.6 is 0 Å². The van der Waals surface area contributed by atoms with E-state index in [0.29, 0.717) is 6.42 Å². The Morgan fingerprint density at radius 3 is 2.62 bits per heavy atom. The maximum Gasteiger partial charge on any atom is 0.366 e. The smallest absolute Gasteiger partial charge is 0.366 e. The Balaban J connectivity index is 2.50. The van der Waals surface area contributed by atoms with Crippen LogP contribution in [0.15, 0.2) is 11.9 Å². The zero-order valence-electron chi connectivity index (χ0n) is 6.99. The second-order valence-electron chi connectivity index (χ2n) is 2.85. The monoisotopic (exact) mass is 188 g/mol. The molecule has 4 nitrogen and oxygen atoms in total. The number of rotatable bonds is 3. The molecule has 1 aliphatic rings. The van der Waals surface area contributed by atoms with Crippen molar-refractivity contribution in [2.45, 2.75) is 6.42 Å². The lowest BCUT2D eigenvalue weighted by atomic mass is 10.3. The molecular formula is C8H9FO4. The third-order valence-corrected chi connectivity index (χ3v) is 1.90. The van der Waals surface area contributed by atoms with Crippen LogP contribution in [0.1, 0.15) is 6.42 Å². The van der Waals surface area contributed by atoms with E-state index in [9.17, 15) is 14.0 Å². The molecule has 0 aliphatic heterocycles. The molecule has 1 rings (SSSR count). The van der Waals surface area contributed by atoms with E-state index >= 15 is 0 Å². The van der Waals surface area contributed by atoms with Crippen molar-refractivity contribution in [1.82, 2.24) is 0 Å². The maximum absolute atomic E-state index is 12.7. The molecule has 13 heavy (non-hydrogen) atoms. The number of halogens is 1. The molecule has 0 saturated heterocycles. The molecule has 0 spiro atoms. The second-order valence-corrected chi connectivity index (χ2v) is 2.85. The van der Waals surface area contributed by atoms with Gasteiger partial charge in [-0.25, -0.2) is 4.79 Å². The van der Waals surface area contributed by atoms with Crippen LogP contribution in [0.5, 0.6) is 0 Å². The molecule has 0 radical (unpaired) electrons. The third-order valence-electron chi connectivity index (χ3n) is 1.90. The lowest BCUT2D eigenvalue weighted by Crippen LogP contribution is -2.02. The molecule has 0 aromatic heterocycles. The number of hydrogen-bond acceptors (Lipinski definition) is 3. The van der Waals surface area contributed by atoms with Crippen molar-refractivity contribution in [2.24, 2.45) is 11.8 Å². The van der Waals surface area contributed by atoms with Gasteiger partial charge in [-0.05, 0) is 18.4 Å². The number of esters is 1. The van der Waals surface area contributed by atoms with E-state index in [-0.39, 0.29) is 5.92 Å². The number of carbonyl (C=O) groups excluding carboxylic acids is 1. The molecule has 1 aliphatic carbocycles. The van der Waals surface area contributed by atoms with E-state index in [1.54, 1.807) is 0 Å². The summed E-state index contributed by atoms with van der Waals surface area (Å²) in [7, 11) is 1.07. The van der Waals surface area contributed by atoms with E-state index in [2.05, 4.69) is 4.74 Å². The van der Waals surface area contributed by atoms with Gasteiger partial charge in [-0.15, -0.1) is 0 Å². The Bertz CT molecular complexity index is 271. The van der Waals surface area contributed by atoms with Gasteiger partial charge in [0.2, 0.25) is 5.83 Å². The van der Waals surface area contributed by atoms with Crippen molar-refractivity contribution >= 4 is 11.9 Å². The lowest BCUT2D eigenvalue weighted by molar-refractivity contribution is -0.139. The Kier molecular flexibility index (Phi) is 2.65. The summed E-state index contributed by atoms with van der Waals surface area (Å²) in [5, 5.41) is 8.46. The van der Waals surface area contributed by atoms with Crippen LogP contribution in [0.4, 0.5) is 4.39 Å². The Morgan fingerprint density at radius 1 is 1.62 bits per heavy atom. The van der Waals surface area contributed by atoms with Crippen LogP contribution in [0, 0.1) is 11.8 Å². The van der Waals surface area contributed by atoms with Crippen LogP contribution < -0.4 is 0 Å². The summed E-state index contributed by atoms with van der Waals surface area (Å²) in [6, 6.07) is 0. The summed E-state index contributed by atoms with van der Waals surface area (Å²) in [6.45, 7) is 0. The van der Waals surface area contributed by atoms with Gasteiger partial charge in [0.1, 0.15) is 0 Å². The van der Waals surface area contributed by atoms with Crippen molar-refractivity contribution in [1.29, 1.82) is 0 Å². The molecule has 0 aromatic rings. The first-order valence-corrected chi connectivity index (χ1v) is 3.74. The highest BCUT2D eigenvalue weighted by molar-refractivity contribution is 5.86. The molecule has 1 fully saturated rings. The molecule has 0 aromatic carbocycles. The van der Waals surface area contributed by atoms with E-state index < -0.39 is 23.7 Å². The van der Waals surface area contributed by atoms with Gasteiger partial charge in [-0.1, -0.05) is 0 Å². The zero-order valence-corrected chi connectivity index (χ0v) is 6.99. The minimum atomic E-state index is -1.06. The molecule has 2 unspecified atom stereocenters. The van der Waals surface area contributed by atoms with E-state index in [0.717, 1.165) is 13.2 Å². The molecule has 1 saturated carbocycles. The fourth-order valence-corrected chi connectivity index (χ4v) is 1.04. The predicted molar refractivity (Wildman–Crippen MR) is 40.4 cm³/mol. The normalized spacial score (nSPS) is 26.8. The number of ether oxygens (including phenoxy) is 1. The van der Waals surface area contributed by atoms with Crippen molar-refractivity contribution < 1.29 is 23.8 Å². The molecule has 72 valence electrons. The number of carboxylic acids is 1. The SMILES string of the molecule is COC(=O)C(F)=CC1CC1C(=O)O. The van der Waals surface area contributed by atoms with Gasteiger partial charge < -0.3 is 9.84 Å². The molecule has 2 atom stereocenters. The Hall–Kier alpha value is -1.39. The maximum atomic E-state index is 12.7. The molecule has 0 bridgehead atoms. The molecule has 5 heteroatoms. The average Bonchev–Trinajstić information content (AvgIpc) is 2.82. The highest BCUT2D eigenvalue weighted by Crippen LogP contribution is 2.40. The number of allylic oxidation sites excluding steroid dienone is 1. The van der Waals surface area contributed by atoms with Crippen LogP contribution in [-0.2, 0) is 14.3 Å². The third kappa shape index (κ3) is 2.27. The van der Waals surface area contributed by atoms with Gasteiger partial charge in [0, 0.05) is 0 Å². The molecule has 0 amide bonds. The first-order chi connectivity index (χ1) is 6.06. The van der Waals surface area contributed by atoms with Gasteiger partial charge in [0.25, 0.3) is 0 Å². The minimum absolute atomic E-state index is 0.364. The average molecular weight is 188 g/mol. The van der Waals surface area contributed by atoms with Crippen molar-refractivity contribution in [3.63, 3.8) is 0 Å². The van der Waals surface area contributed by atoms with Crippen LogP contribution in [0.2, 0.25) is 0 Å². The van der Waals surface area contributed by atoms with Gasteiger partial charge in [0.15, 0.2) is 0 Å². The van der Waals surface area contributed by atoms with E-state index in [1.165, 1.54) is 0 Å². The van der Waals surface area contributed by atoms with E-state index in [4.69, 9.17) is 5.11 Å². The van der Waals surface area contributed by atoms with Gasteiger partial charge in [0.05, 0.1) is 13.0 Å². The second kappa shape index (κ2) is 3.55.